The molecule has 3 aliphatic rings. The van der Waals surface area contributed by atoms with Gasteiger partial charge in [0.1, 0.15) is 0 Å². The van der Waals surface area contributed by atoms with Crippen LogP contribution in [0.1, 0.15) is 97.3 Å². The van der Waals surface area contributed by atoms with Crippen LogP contribution in [0.25, 0.3) is 0 Å². The molecule has 41 heavy (non-hydrogen) atoms. The predicted molar refractivity (Wildman–Crippen MR) is 164 cm³/mol. The lowest BCUT2D eigenvalue weighted by Crippen LogP contribution is -2.40. The summed E-state index contributed by atoms with van der Waals surface area (Å²) in [7, 11) is 0. The van der Waals surface area contributed by atoms with E-state index in [9.17, 15) is 15.0 Å². The fraction of sp³-hybridized carbons (Fsp3) is 0.778. The first kappa shape index (κ1) is 33.7. The quantitative estimate of drug-likeness (QED) is 0.132. The Balaban J connectivity index is 1.57. The second kappa shape index (κ2) is 18.0. The van der Waals surface area contributed by atoms with E-state index in [1.54, 1.807) is 6.92 Å². The molecule has 0 aromatic carbocycles. The SMILES string of the molecule is C=C=C=C=CC1CCC(C2CCC(C3CCC(OCCC(CO)CO)C(CCOC(=O)C(=C)C)C3)C(CC)C2)CC1. The van der Waals surface area contributed by atoms with Crippen LogP contribution in [0.2, 0.25) is 0 Å². The maximum absolute atomic E-state index is 12.0. The number of hydrogen-bond acceptors (Lipinski definition) is 5. The van der Waals surface area contributed by atoms with Crippen LogP contribution in [0.5, 0.6) is 0 Å². The van der Waals surface area contributed by atoms with Gasteiger partial charge in [-0.1, -0.05) is 31.4 Å². The van der Waals surface area contributed by atoms with E-state index in [1.807, 2.05) is 0 Å². The summed E-state index contributed by atoms with van der Waals surface area (Å²) < 4.78 is 11.9. The van der Waals surface area contributed by atoms with E-state index in [4.69, 9.17) is 9.47 Å². The number of carbonyl (C=O) groups excluding carboxylic acids is 1. The molecule has 0 spiro atoms. The molecule has 6 unspecified atom stereocenters. The average molecular weight is 569 g/mol. The van der Waals surface area contributed by atoms with Gasteiger partial charge in [0.2, 0.25) is 0 Å². The van der Waals surface area contributed by atoms with Gasteiger partial charge in [-0.3, -0.25) is 0 Å². The molecule has 0 aliphatic heterocycles. The van der Waals surface area contributed by atoms with E-state index in [1.165, 1.54) is 57.8 Å². The van der Waals surface area contributed by atoms with Gasteiger partial charge in [-0.05, 0) is 144 Å². The van der Waals surface area contributed by atoms with Gasteiger partial charge in [-0.2, -0.15) is 0 Å². The molecule has 0 aromatic rings. The van der Waals surface area contributed by atoms with Crippen molar-refractivity contribution < 1.29 is 24.5 Å². The number of carbonyl (C=O) groups is 1. The smallest absolute Gasteiger partial charge is 0.333 e. The van der Waals surface area contributed by atoms with E-state index < -0.39 is 0 Å². The van der Waals surface area contributed by atoms with Crippen LogP contribution in [0.4, 0.5) is 0 Å². The highest BCUT2D eigenvalue weighted by molar-refractivity contribution is 5.86. The molecule has 5 nitrogen and oxygen atoms in total. The molecule has 5 heteroatoms. The standard InChI is InChI=1S/C36H56O5/c1-5-7-8-9-27-10-12-30(13-11-27)31-14-16-34(29(6-2)22-31)32-15-17-35(40-20-18-28(24-37)25-38)33(23-32)19-21-41-36(39)26(3)4/h9,27-35,37-38H,1,3,6,10-25H2,2,4H3. The molecule has 0 saturated heterocycles. The fourth-order valence-electron chi connectivity index (χ4n) is 8.07. The Hall–Kier alpha value is -1.83. The largest absolute Gasteiger partial charge is 0.462 e. The number of rotatable bonds is 14. The normalized spacial score (nSPS) is 31.9. The van der Waals surface area contributed by atoms with Crippen LogP contribution in [-0.2, 0) is 14.3 Å². The van der Waals surface area contributed by atoms with Crippen molar-refractivity contribution in [2.24, 2.45) is 47.3 Å². The Bertz CT molecular complexity index is 926. The molecule has 0 amide bonds. The molecule has 3 rings (SSSR count). The molecule has 230 valence electrons. The van der Waals surface area contributed by atoms with E-state index in [2.05, 4.69) is 43.4 Å². The summed E-state index contributed by atoms with van der Waals surface area (Å²) in [6, 6.07) is 0. The lowest BCUT2D eigenvalue weighted by Gasteiger charge is -2.47. The van der Waals surface area contributed by atoms with Crippen molar-refractivity contribution in [2.45, 2.75) is 103 Å². The third kappa shape index (κ3) is 10.4. The first-order chi connectivity index (χ1) is 19.9. The monoisotopic (exact) mass is 568 g/mol. The predicted octanol–water partition coefficient (Wildman–Crippen LogP) is 7.19. The minimum atomic E-state index is -0.317. The van der Waals surface area contributed by atoms with Crippen LogP contribution in [-0.4, -0.2) is 48.7 Å². The van der Waals surface area contributed by atoms with E-state index >= 15 is 0 Å². The Labute approximate surface area is 249 Å². The summed E-state index contributed by atoms with van der Waals surface area (Å²) >= 11 is 0. The molecule has 6 atom stereocenters. The maximum Gasteiger partial charge on any atom is 0.333 e. The van der Waals surface area contributed by atoms with Crippen LogP contribution in [0, 0.1) is 47.3 Å². The number of esters is 1. The summed E-state index contributed by atoms with van der Waals surface area (Å²) in [5.41, 5.74) is 9.05. The van der Waals surface area contributed by atoms with Gasteiger partial charge in [-0.25, -0.2) is 4.79 Å². The van der Waals surface area contributed by atoms with Crippen LogP contribution >= 0.6 is 0 Å². The van der Waals surface area contributed by atoms with Crippen molar-refractivity contribution in [3.05, 3.63) is 42.0 Å². The second-order valence-electron chi connectivity index (χ2n) is 13.2. The molecule has 0 bridgehead atoms. The minimum Gasteiger partial charge on any atom is -0.462 e. The van der Waals surface area contributed by atoms with Gasteiger partial charge in [-0.15, -0.1) is 0 Å². The van der Waals surface area contributed by atoms with Gasteiger partial charge in [0.15, 0.2) is 0 Å². The zero-order valence-electron chi connectivity index (χ0n) is 25.8. The molecule has 0 radical (unpaired) electrons. The van der Waals surface area contributed by atoms with Crippen molar-refractivity contribution >= 4 is 5.97 Å². The Morgan fingerprint density at radius 3 is 2.29 bits per heavy atom. The Morgan fingerprint density at radius 2 is 1.63 bits per heavy atom. The number of allylic oxidation sites excluding steroid dienone is 1. The van der Waals surface area contributed by atoms with Crippen molar-refractivity contribution in [3.8, 4) is 0 Å². The van der Waals surface area contributed by atoms with E-state index in [0.29, 0.717) is 43.0 Å². The highest BCUT2D eigenvalue weighted by Crippen LogP contribution is 2.50. The molecular formula is C36H56O5. The first-order valence-electron chi connectivity index (χ1n) is 16.4. The third-order valence-corrected chi connectivity index (χ3v) is 10.6. The number of hydrogen-bond donors (Lipinski definition) is 2. The topological polar surface area (TPSA) is 76.0 Å². The molecule has 2 N–H and O–H groups in total. The fourth-order valence-corrected chi connectivity index (χ4v) is 8.07. The summed E-state index contributed by atoms with van der Waals surface area (Å²) in [6.45, 7) is 12.3. The van der Waals surface area contributed by atoms with Gasteiger partial charge >= 0.3 is 5.97 Å². The maximum atomic E-state index is 12.0. The molecule has 0 aromatic heterocycles. The molecule has 3 aliphatic carbocycles. The van der Waals surface area contributed by atoms with Crippen molar-refractivity contribution in [1.82, 2.24) is 0 Å². The minimum absolute atomic E-state index is 0.0167. The zero-order valence-corrected chi connectivity index (χ0v) is 25.8. The van der Waals surface area contributed by atoms with Crippen LogP contribution < -0.4 is 0 Å². The summed E-state index contributed by atoms with van der Waals surface area (Å²) in [5, 5.41) is 18.9. The summed E-state index contributed by atoms with van der Waals surface area (Å²) in [4.78, 5) is 12.0. The average Bonchev–Trinajstić information content (AvgIpc) is 3.00. The molecule has 3 fully saturated rings. The molecule has 0 heterocycles. The summed E-state index contributed by atoms with van der Waals surface area (Å²) in [6.07, 6.45) is 17.7. The van der Waals surface area contributed by atoms with Crippen LogP contribution in [0.15, 0.2) is 42.0 Å². The zero-order chi connectivity index (χ0) is 29.6. The lowest BCUT2D eigenvalue weighted by atomic mass is 9.60. The lowest BCUT2D eigenvalue weighted by molar-refractivity contribution is -0.140. The van der Waals surface area contributed by atoms with Crippen molar-refractivity contribution in [1.29, 1.82) is 0 Å². The first-order valence-corrected chi connectivity index (χ1v) is 16.4. The second-order valence-corrected chi connectivity index (χ2v) is 13.2. The third-order valence-electron chi connectivity index (χ3n) is 10.6. The Kier molecular flexibility index (Phi) is 14.8. The number of ether oxygens (including phenoxy) is 2. The van der Waals surface area contributed by atoms with E-state index in [0.717, 1.165) is 42.9 Å². The van der Waals surface area contributed by atoms with Gasteiger partial charge in [0.25, 0.3) is 0 Å². The van der Waals surface area contributed by atoms with Crippen LogP contribution in [0.3, 0.4) is 0 Å². The van der Waals surface area contributed by atoms with Crippen molar-refractivity contribution in [3.63, 3.8) is 0 Å². The van der Waals surface area contributed by atoms with Gasteiger partial charge < -0.3 is 19.7 Å². The highest BCUT2D eigenvalue weighted by Gasteiger charge is 2.41. The number of aliphatic hydroxyl groups excluding tert-OH is 2. The Morgan fingerprint density at radius 1 is 0.951 bits per heavy atom. The van der Waals surface area contributed by atoms with Crippen molar-refractivity contribution in [2.75, 3.05) is 26.4 Å². The van der Waals surface area contributed by atoms with Gasteiger partial charge in [0.05, 0.1) is 12.7 Å². The highest BCUT2D eigenvalue weighted by atomic mass is 16.5. The molecular weight excluding hydrogens is 512 g/mol. The molecule has 3 saturated carbocycles. The van der Waals surface area contributed by atoms with E-state index in [-0.39, 0.29) is 31.2 Å². The number of aliphatic hydroxyl groups is 2. The van der Waals surface area contributed by atoms with Gasteiger partial charge in [0, 0.05) is 31.3 Å². The summed E-state index contributed by atoms with van der Waals surface area (Å²) in [5.74, 6) is 4.57.